The molecule has 2 aromatic carbocycles. The largest absolute Gasteiger partial charge is 0.573 e. The SMILES string of the molecule is Nc1ccc2c(ccn2/C=C/c2ccc(OC(F)(F)F)cc2)c1. The second-order valence-electron chi connectivity index (χ2n) is 4.97. The van der Waals surface area contributed by atoms with Gasteiger partial charge in [-0.3, -0.25) is 0 Å². The third-order valence-corrected chi connectivity index (χ3v) is 3.29. The zero-order chi connectivity index (χ0) is 16.4. The molecule has 0 unspecified atom stereocenters. The van der Waals surface area contributed by atoms with E-state index in [1.165, 1.54) is 12.1 Å². The summed E-state index contributed by atoms with van der Waals surface area (Å²) in [5.41, 5.74) is 8.18. The monoisotopic (exact) mass is 318 g/mol. The van der Waals surface area contributed by atoms with Gasteiger partial charge in [-0.15, -0.1) is 13.2 Å². The normalized spacial score (nSPS) is 12.1. The lowest BCUT2D eigenvalue weighted by Gasteiger charge is -2.08. The fourth-order valence-corrected chi connectivity index (χ4v) is 2.26. The van der Waals surface area contributed by atoms with Crippen LogP contribution in [-0.4, -0.2) is 10.9 Å². The van der Waals surface area contributed by atoms with Crippen molar-refractivity contribution in [1.82, 2.24) is 4.57 Å². The van der Waals surface area contributed by atoms with Crippen molar-refractivity contribution in [2.24, 2.45) is 0 Å². The van der Waals surface area contributed by atoms with Gasteiger partial charge in [0.25, 0.3) is 0 Å². The molecule has 0 saturated heterocycles. The zero-order valence-electron chi connectivity index (χ0n) is 11.9. The minimum Gasteiger partial charge on any atom is -0.406 e. The summed E-state index contributed by atoms with van der Waals surface area (Å²) in [6.45, 7) is 0. The Hall–Kier alpha value is -2.89. The summed E-state index contributed by atoms with van der Waals surface area (Å²) in [4.78, 5) is 0. The number of rotatable bonds is 3. The number of halogens is 3. The highest BCUT2D eigenvalue weighted by molar-refractivity contribution is 5.85. The molecule has 23 heavy (non-hydrogen) atoms. The summed E-state index contributed by atoms with van der Waals surface area (Å²) in [5.74, 6) is -0.239. The molecule has 3 aromatic rings. The zero-order valence-corrected chi connectivity index (χ0v) is 11.9. The minimum absolute atomic E-state index is 0.239. The Morgan fingerprint density at radius 2 is 1.74 bits per heavy atom. The smallest absolute Gasteiger partial charge is 0.406 e. The predicted octanol–water partition coefficient (Wildman–Crippen LogP) is 4.75. The average molecular weight is 318 g/mol. The number of benzene rings is 2. The van der Waals surface area contributed by atoms with E-state index < -0.39 is 6.36 Å². The van der Waals surface area contributed by atoms with Crippen molar-refractivity contribution in [1.29, 1.82) is 0 Å². The van der Waals surface area contributed by atoms with Crippen LogP contribution < -0.4 is 10.5 Å². The molecule has 118 valence electrons. The summed E-state index contributed by atoms with van der Waals surface area (Å²) in [7, 11) is 0. The quantitative estimate of drug-likeness (QED) is 0.708. The van der Waals surface area contributed by atoms with Gasteiger partial charge >= 0.3 is 6.36 Å². The maximum absolute atomic E-state index is 12.1. The molecule has 2 N–H and O–H groups in total. The number of anilines is 1. The summed E-state index contributed by atoms with van der Waals surface area (Å²) >= 11 is 0. The van der Waals surface area contributed by atoms with Crippen LogP contribution in [0.15, 0.2) is 54.7 Å². The first-order chi connectivity index (χ1) is 10.9. The molecule has 0 saturated carbocycles. The molecule has 1 aromatic heterocycles. The number of nitrogens with zero attached hydrogens (tertiary/aromatic N) is 1. The highest BCUT2D eigenvalue weighted by atomic mass is 19.4. The Balaban J connectivity index is 1.79. The first-order valence-corrected chi connectivity index (χ1v) is 6.81. The van der Waals surface area contributed by atoms with Crippen LogP contribution in [0.2, 0.25) is 0 Å². The number of nitrogen functional groups attached to an aromatic ring is 1. The number of alkyl halides is 3. The summed E-state index contributed by atoms with van der Waals surface area (Å²) < 4.78 is 42.1. The van der Waals surface area contributed by atoms with Gasteiger partial charge in [-0.25, -0.2) is 0 Å². The van der Waals surface area contributed by atoms with E-state index >= 15 is 0 Å². The number of hydrogen-bond acceptors (Lipinski definition) is 2. The van der Waals surface area contributed by atoms with Crippen LogP contribution in [0.4, 0.5) is 18.9 Å². The van der Waals surface area contributed by atoms with Crippen molar-refractivity contribution in [3.63, 3.8) is 0 Å². The van der Waals surface area contributed by atoms with E-state index in [-0.39, 0.29) is 5.75 Å². The molecule has 0 spiro atoms. The van der Waals surface area contributed by atoms with Gasteiger partial charge in [0, 0.05) is 23.5 Å². The molecule has 0 radical (unpaired) electrons. The maximum Gasteiger partial charge on any atom is 0.573 e. The number of ether oxygens (including phenoxy) is 1. The van der Waals surface area contributed by atoms with Crippen molar-refractivity contribution in [2.45, 2.75) is 6.36 Å². The van der Waals surface area contributed by atoms with Crippen LogP contribution in [0.25, 0.3) is 23.2 Å². The molecule has 0 aliphatic heterocycles. The van der Waals surface area contributed by atoms with Crippen molar-refractivity contribution in [2.75, 3.05) is 5.73 Å². The number of fused-ring (bicyclic) bond motifs is 1. The molecular weight excluding hydrogens is 305 g/mol. The van der Waals surface area contributed by atoms with E-state index in [2.05, 4.69) is 4.74 Å². The van der Waals surface area contributed by atoms with E-state index in [4.69, 9.17) is 5.73 Å². The van der Waals surface area contributed by atoms with Gasteiger partial charge < -0.3 is 15.0 Å². The van der Waals surface area contributed by atoms with Crippen LogP contribution in [0.1, 0.15) is 5.56 Å². The molecule has 0 amide bonds. The fourth-order valence-electron chi connectivity index (χ4n) is 2.26. The van der Waals surface area contributed by atoms with Gasteiger partial charge in [0.2, 0.25) is 0 Å². The van der Waals surface area contributed by atoms with E-state index in [0.29, 0.717) is 5.69 Å². The van der Waals surface area contributed by atoms with E-state index in [1.807, 2.05) is 41.2 Å². The molecule has 6 heteroatoms. The van der Waals surface area contributed by atoms with Crippen LogP contribution in [0, 0.1) is 0 Å². The Morgan fingerprint density at radius 1 is 1.00 bits per heavy atom. The van der Waals surface area contributed by atoms with Crippen molar-refractivity contribution < 1.29 is 17.9 Å². The number of nitrogens with two attached hydrogens (primary N) is 1. The molecule has 3 rings (SSSR count). The fraction of sp³-hybridized carbons (Fsp3) is 0.0588. The molecule has 3 nitrogen and oxygen atoms in total. The first kappa shape index (κ1) is 15.0. The summed E-state index contributed by atoms with van der Waals surface area (Å²) in [6.07, 6.45) is 0.844. The lowest BCUT2D eigenvalue weighted by Crippen LogP contribution is -2.16. The molecular formula is C17H13F3N2O. The van der Waals surface area contributed by atoms with Gasteiger partial charge in [-0.2, -0.15) is 0 Å². The van der Waals surface area contributed by atoms with Gasteiger partial charge in [0.1, 0.15) is 5.75 Å². The van der Waals surface area contributed by atoms with E-state index in [0.717, 1.165) is 16.5 Å². The molecule has 0 bridgehead atoms. The molecule has 1 heterocycles. The van der Waals surface area contributed by atoms with Crippen molar-refractivity contribution >= 4 is 28.9 Å². The van der Waals surface area contributed by atoms with Crippen molar-refractivity contribution in [3.8, 4) is 5.75 Å². The standard InChI is InChI=1S/C17H13F3N2O/c18-17(19,20)23-15-4-1-12(2-5-15)7-9-22-10-8-13-11-14(21)3-6-16(13)22/h1-11H,21H2/b9-7+. The Kier molecular flexibility index (Phi) is 3.73. The lowest BCUT2D eigenvalue weighted by molar-refractivity contribution is -0.274. The lowest BCUT2D eigenvalue weighted by atomic mass is 10.2. The maximum atomic E-state index is 12.1. The van der Waals surface area contributed by atoms with Gasteiger partial charge in [-0.1, -0.05) is 12.1 Å². The summed E-state index contributed by atoms with van der Waals surface area (Å²) in [6, 6.07) is 13.2. The van der Waals surface area contributed by atoms with Crippen molar-refractivity contribution in [3.05, 3.63) is 60.3 Å². The highest BCUT2D eigenvalue weighted by Crippen LogP contribution is 2.23. The Morgan fingerprint density at radius 3 is 2.43 bits per heavy atom. The predicted molar refractivity (Wildman–Crippen MR) is 84.7 cm³/mol. The third-order valence-electron chi connectivity index (χ3n) is 3.29. The van der Waals surface area contributed by atoms with E-state index in [1.54, 1.807) is 18.2 Å². The average Bonchev–Trinajstić information content (AvgIpc) is 2.87. The Labute approximate surface area is 130 Å². The van der Waals surface area contributed by atoms with E-state index in [9.17, 15) is 13.2 Å². The second kappa shape index (κ2) is 5.72. The van der Waals surface area contributed by atoms with Crippen LogP contribution in [0.5, 0.6) is 5.75 Å². The molecule has 0 aliphatic carbocycles. The summed E-state index contributed by atoms with van der Waals surface area (Å²) in [5, 5.41) is 1.02. The van der Waals surface area contributed by atoms with Gasteiger partial charge in [-0.05, 0) is 48.0 Å². The van der Waals surface area contributed by atoms with Crippen LogP contribution in [0.3, 0.4) is 0 Å². The third kappa shape index (κ3) is 3.66. The molecule has 0 aliphatic rings. The molecule has 0 fully saturated rings. The van der Waals surface area contributed by atoms with Crippen LogP contribution >= 0.6 is 0 Å². The second-order valence-corrected chi connectivity index (χ2v) is 4.97. The Bertz CT molecular complexity index is 848. The highest BCUT2D eigenvalue weighted by Gasteiger charge is 2.30. The van der Waals surface area contributed by atoms with Gasteiger partial charge in [0.05, 0.1) is 5.52 Å². The topological polar surface area (TPSA) is 40.2 Å². The first-order valence-electron chi connectivity index (χ1n) is 6.81. The van der Waals surface area contributed by atoms with Crippen LogP contribution in [-0.2, 0) is 0 Å². The minimum atomic E-state index is -4.68. The number of aromatic nitrogens is 1. The number of hydrogen-bond donors (Lipinski definition) is 1. The van der Waals surface area contributed by atoms with Gasteiger partial charge in [0.15, 0.2) is 0 Å². The molecule has 0 atom stereocenters.